The van der Waals surface area contributed by atoms with Crippen molar-refractivity contribution in [2.75, 3.05) is 6.61 Å². The predicted octanol–water partition coefficient (Wildman–Crippen LogP) is 2.40. The highest BCUT2D eigenvalue weighted by atomic mass is 35.5. The molecule has 1 fully saturated rings. The number of hydrogen-bond acceptors (Lipinski definition) is 3. The molecule has 17 heavy (non-hydrogen) atoms. The molecule has 4 nitrogen and oxygen atoms in total. The van der Waals surface area contributed by atoms with Crippen molar-refractivity contribution in [3.05, 3.63) is 28.8 Å². The minimum Gasteiger partial charge on any atom is -0.492 e. The van der Waals surface area contributed by atoms with E-state index in [1.165, 1.54) is 6.07 Å². The number of Topliss-reactive ketones (excluding diaryl/α,β-unsaturated/α-hetero) is 1. The standard InChI is InChI=1S/C12H11ClO4/c13-10-8(11(14)12(15)16)2-1-3-9(10)17-6-7-4-5-7/h1-3,7H,4-6H2,(H,15,16). The van der Waals surface area contributed by atoms with E-state index < -0.39 is 11.8 Å². The summed E-state index contributed by atoms with van der Waals surface area (Å²) in [4.78, 5) is 21.9. The van der Waals surface area contributed by atoms with Crippen LogP contribution in [0.3, 0.4) is 0 Å². The molecule has 0 heterocycles. The van der Waals surface area contributed by atoms with Gasteiger partial charge in [0.05, 0.1) is 17.2 Å². The number of carbonyl (C=O) groups is 2. The molecule has 0 bridgehead atoms. The second-order valence-corrected chi connectivity index (χ2v) is 4.38. The minimum absolute atomic E-state index is 0.0348. The topological polar surface area (TPSA) is 63.6 Å². The molecule has 0 aromatic heterocycles. The molecule has 5 heteroatoms. The molecule has 0 amide bonds. The lowest BCUT2D eigenvalue weighted by Gasteiger charge is -2.09. The van der Waals surface area contributed by atoms with E-state index in [-0.39, 0.29) is 10.6 Å². The summed E-state index contributed by atoms with van der Waals surface area (Å²) in [6.07, 6.45) is 2.29. The van der Waals surface area contributed by atoms with Gasteiger partial charge in [-0.05, 0) is 30.9 Å². The van der Waals surface area contributed by atoms with Crippen LogP contribution in [0.25, 0.3) is 0 Å². The molecule has 1 aliphatic rings. The van der Waals surface area contributed by atoms with E-state index in [0.29, 0.717) is 18.3 Å². The van der Waals surface area contributed by atoms with Crippen molar-refractivity contribution >= 4 is 23.4 Å². The van der Waals surface area contributed by atoms with Gasteiger partial charge >= 0.3 is 5.97 Å². The number of hydrogen-bond donors (Lipinski definition) is 1. The van der Waals surface area contributed by atoms with E-state index in [4.69, 9.17) is 21.4 Å². The van der Waals surface area contributed by atoms with Crippen LogP contribution in [-0.4, -0.2) is 23.5 Å². The van der Waals surface area contributed by atoms with Crippen LogP contribution < -0.4 is 4.74 Å². The summed E-state index contributed by atoms with van der Waals surface area (Å²) in [6.45, 7) is 0.560. The smallest absolute Gasteiger partial charge is 0.377 e. The summed E-state index contributed by atoms with van der Waals surface area (Å²) in [6, 6.07) is 4.57. The molecule has 0 aliphatic heterocycles. The van der Waals surface area contributed by atoms with Crippen LogP contribution in [0.15, 0.2) is 18.2 Å². The van der Waals surface area contributed by atoms with Crippen molar-refractivity contribution in [3.63, 3.8) is 0 Å². The van der Waals surface area contributed by atoms with Crippen LogP contribution in [0.4, 0.5) is 0 Å². The van der Waals surface area contributed by atoms with Gasteiger partial charge in [0.2, 0.25) is 0 Å². The van der Waals surface area contributed by atoms with E-state index in [1.54, 1.807) is 12.1 Å². The average molecular weight is 255 g/mol. The number of rotatable bonds is 5. The molecule has 0 unspecified atom stereocenters. The molecular weight excluding hydrogens is 244 g/mol. The zero-order valence-electron chi connectivity index (χ0n) is 8.98. The molecular formula is C12H11ClO4. The maximum atomic E-state index is 11.3. The number of benzene rings is 1. The SMILES string of the molecule is O=C(O)C(=O)c1cccc(OCC2CC2)c1Cl. The Morgan fingerprint density at radius 2 is 2.12 bits per heavy atom. The fourth-order valence-electron chi connectivity index (χ4n) is 1.40. The Kier molecular flexibility index (Phi) is 3.33. The summed E-state index contributed by atoms with van der Waals surface area (Å²) in [5.74, 6) is -1.62. The average Bonchev–Trinajstić information content (AvgIpc) is 3.10. The van der Waals surface area contributed by atoms with Crippen molar-refractivity contribution < 1.29 is 19.4 Å². The lowest BCUT2D eigenvalue weighted by Crippen LogP contribution is -2.13. The molecule has 2 rings (SSSR count). The molecule has 1 aromatic rings. The van der Waals surface area contributed by atoms with Gasteiger partial charge < -0.3 is 9.84 Å². The van der Waals surface area contributed by atoms with E-state index in [2.05, 4.69) is 0 Å². The van der Waals surface area contributed by atoms with Crippen molar-refractivity contribution in [2.45, 2.75) is 12.8 Å². The Labute approximate surface area is 103 Å². The van der Waals surface area contributed by atoms with Gasteiger partial charge in [-0.3, -0.25) is 4.79 Å². The van der Waals surface area contributed by atoms with Gasteiger partial charge in [0.1, 0.15) is 5.75 Å². The largest absolute Gasteiger partial charge is 0.492 e. The summed E-state index contributed by atoms with van der Waals surface area (Å²) in [5, 5.41) is 8.70. The van der Waals surface area contributed by atoms with E-state index in [9.17, 15) is 9.59 Å². The highest BCUT2D eigenvalue weighted by Crippen LogP contribution is 2.33. The molecule has 0 atom stereocenters. The third kappa shape index (κ3) is 2.77. The Morgan fingerprint density at radius 1 is 1.41 bits per heavy atom. The van der Waals surface area contributed by atoms with Gasteiger partial charge in [0, 0.05) is 0 Å². The maximum absolute atomic E-state index is 11.3. The number of carboxylic acid groups (broad SMARTS) is 1. The zero-order chi connectivity index (χ0) is 12.4. The Hall–Kier alpha value is -1.55. The fourth-order valence-corrected chi connectivity index (χ4v) is 1.67. The number of aliphatic carboxylic acids is 1. The van der Waals surface area contributed by atoms with E-state index in [0.717, 1.165) is 12.8 Å². The van der Waals surface area contributed by atoms with Crippen molar-refractivity contribution in [1.29, 1.82) is 0 Å². The first kappa shape index (κ1) is 11.9. The van der Waals surface area contributed by atoms with Gasteiger partial charge in [-0.2, -0.15) is 0 Å². The monoisotopic (exact) mass is 254 g/mol. The van der Waals surface area contributed by atoms with Crippen LogP contribution in [0.5, 0.6) is 5.75 Å². The first-order valence-electron chi connectivity index (χ1n) is 5.28. The Balaban J connectivity index is 2.19. The van der Waals surface area contributed by atoms with Gasteiger partial charge in [0.25, 0.3) is 5.78 Å². The second-order valence-electron chi connectivity index (χ2n) is 4.01. The molecule has 0 saturated heterocycles. The molecule has 1 aliphatic carbocycles. The van der Waals surface area contributed by atoms with Gasteiger partial charge in [0.15, 0.2) is 0 Å². The highest BCUT2D eigenvalue weighted by molar-refractivity contribution is 6.45. The lowest BCUT2D eigenvalue weighted by atomic mass is 10.1. The van der Waals surface area contributed by atoms with Crippen LogP contribution in [-0.2, 0) is 4.79 Å². The lowest BCUT2D eigenvalue weighted by molar-refractivity contribution is -0.131. The molecule has 0 radical (unpaired) electrons. The zero-order valence-corrected chi connectivity index (χ0v) is 9.74. The van der Waals surface area contributed by atoms with Crippen LogP contribution in [0.2, 0.25) is 5.02 Å². The summed E-state index contributed by atoms with van der Waals surface area (Å²) in [5.41, 5.74) is -0.0348. The number of carbonyl (C=O) groups excluding carboxylic acids is 1. The second kappa shape index (κ2) is 4.75. The predicted molar refractivity (Wildman–Crippen MR) is 61.6 cm³/mol. The third-order valence-electron chi connectivity index (χ3n) is 2.57. The number of carboxylic acids is 1. The first-order valence-corrected chi connectivity index (χ1v) is 5.66. The van der Waals surface area contributed by atoms with Crippen LogP contribution >= 0.6 is 11.6 Å². The Morgan fingerprint density at radius 3 is 2.71 bits per heavy atom. The summed E-state index contributed by atoms with van der Waals surface area (Å²) in [7, 11) is 0. The number of halogens is 1. The van der Waals surface area contributed by atoms with Crippen molar-refractivity contribution in [1.82, 2.24) is 0 Å². The highest BCUT2D eigenvalue weighted by Gasteiger charge is 2.24. The van der Waals surface area contributed by atoms with Crippen molar-refractivity contribution in [2.24, 2.45) is 5.92 Å². The minimum atomic E-state index is -1.52. The molecule has 1 saturated carbocycles. The number of ether oxygens (including phenoxy) is 1. The van der Waals surface area contributed by atoms with Gasteiger partial charge in [-0.15, -0.1) is 0 Å². The van der Waals surface area contributed by atoms with E-state index >= 15 is 0 Å². The van der Waals surface area contributed by atoms with Gasteiger partial charge in [-0.1, -0.05) is 17.7 Å². The molecule has 1 N–H and O–H groups in total. The first-order chi connectivity index (χ1) is 8.09. The van der Waals surface area contributed by atoms with Crippen LogP contribution in [0.1, 0.15) is 23.2 Å². The number of ketones is 1. The fraction of sp³-hybridized carbons (Fsp3) is 0.333. The summed E-state index contributed by atoms with van der Waals surface area (Å²) < 4.78 is 5.45. The normalized spacial score (nSPS) is 14.4. The molecule has 1 aromatic carbocycles. The Bertz CT molecular complexity index is 466. The van der Waals surface area contributed by atoms with Crippen molar-refractivity contribution in [3.8, 4) is 5.75 Å². The maximum Gasteiger partial charge on any atom is 0.377 e. The molecule has 0 spiro atoms. The quantitative estimate of drug-likeness (QED) is 0.647. The van der Waals surface area contributed by atoms with E-state index in [1.807, 2.05) is 0 Å². The van der Waals surface area contributed by atoms with Crippen LogP contribution in [0, 0.1) is 5.92 Å². The third-order valence-corrected chi connectivity index (χ3v) is 2.96. The summed E-state index contributed by atoms with van der Waals surface area (Å²) >= 11 is 5.94. The molecule has 90 valence electrons. The van der Waals surface area contributed by atoms with Gasteiger partial charge in [-0.25, -0.2) is 4.79 Å².